The molecule has 1 unspecified atom stereocenters. The molecule has 0 N–H and O–H groups in total. The summed E-state index contributed by atoms with van der Waals surface area (Å²) < 4.78 is 42.7. The fourth-order valence-electron chi connectivity index (χ4n) is 6.92. The summed E-state index contributed by atoms with van der Waals surface area (Å²) in [5.41, 5.74) is 3.75. The van der Waals surface area contributed by atoms with Gasteiger partial charge in [0.15, 0.2) is 15.6 Å². The number of Topliss-reactive ketones (excluding diaryl/α,β-unsaturated/α-hetero) is 1. The highest BCUT2D eigenvalue weighted by molar-refractivity contribution is 7.92. The standard InChI is InChI=1S/C32H34Cl2N2O6S/c33-26-2-1-3-27(34)30(26)31-25(32(42-35-31)21-4-5-21)16-41-29-13-24-12-22(29)14-36(24)23-8-6-20(7-9-23)28(37)18-43(38,39)17-19-10-11-40-15-19/h1-3,6-9,19,21-22,24,29H,4-5,10-18H2/t19?,22-,24-,29+/m0/s1. The van der Waals surface area contributed by atoms with Gasteiger partial charge in [-0.15, -0.1) is 0 Å². The van der Waals surface area contributed by atoms with Gasteiger partial charge in [0.1, 0.15) is 17.2 Å². The number of rotatable bonds is 11. The Morgan fingerprint density at radius 2 is 1.81 bits per heavy atom. The smallest absolute Gasteiger partial charge is 0.177 e. The highest BCUT2D eigenvalue weighted by Gasteiger charge is 2.46. The largest absolute Gasteiger partial charge is 0.381 e. The van der Waals surface area contributed by atoms with E-state index in [0.717, 1.165) is 55.7 Å². The van der Waals surface area contributed by atoms with E-state index < -0.39 is 15.6 Å². The van der Waals surface area contributed by atoms with Crippen LogP contribution >= 0.6 is 23.2 Å². The Kier molecular flexibility index (Phi) is 8.05. The molecular formula is C32H34Cl2N2O6S. The lowest BCUT2D eigenvalue weighted by atomic mass is 10.0. The summed E-state index contributed by atoms with van der Waals surface area (Å²) in [6.07, 6.45) is 4.95. The van der Waals surface area contributed by atoms with Gasteiger partial charge < -0.3 is 18.9 Å². The van der Waals surface area contributed by atoms with Crippen molar-refractivity contribution in [2.24, 2.45) is 11.8 Å². The van der Waals surface area contributed by atoms with Gasteiger partial charge in [0.2, 0.25) is 0 Å². The van der Waals surface area contributed by atoms with Crippen LogP contribution < -0.4 is 4.90 Å². The average molecular weight is 646 g/mol. The van der Waals surface area contributed by atoms with Gasteiger partial charge >= 0.3 is 0 Å². The van der Waals surface area contributed by atoms with Crippen LogP contribution in [0.25, 0.3) is 11.3 Å². The third-order valence-corrected chi connectivity index (χ3v) is 11.6. The van der Waals surface area contributed by atoms with Crippen LogP contribution in [0.4, 0.5) is 5.69 Å². The van der Waals surface area contributed by atoms with Gasteiger partial charge in [-0.1, -0.05) is 34.4 Å². The summed E-state index contributed by atoms with van der Waals surface area (Å²) in [5, 5.41) is 5.45. The molecule has 0 radical (unpaired) electrons. The molecule has 7 rings (SSSR count). The fraction of sp³-hybridized carbons (Fsp3) is 0.500. The van der Waals surface area contributed by atoms with Gasteiger partial charge in [-0.3, -0.25) is 4.79 Å². The number of ketones is 1. The lowest BCUT2D eigenvalue weighted by Crippen LogP contribution is -2.38. The molecule has 43 heavy (non-hydrogen) atoms. The number of halogens is 2. The summed E-state index contributed by atoms with van der Waals surface area (Å²) in [5.74, 6) is 0.795. The van der Waals surface area contributed by atoms with Crippen molar-refractivity contribution in [2.75, 3.05) is 36.2 Å². The molecule has 8 nitrogen and oxygen atoms in total. The van der Waals surface area contributed by atoms with Gasteiger partial charge in [-0.2, -0.15) is 0 Å². The van der Waals surface area contributed by atoms with Crippen LogP contribution in [0.1, 0.15) is 59.7 Å². The highest BCUT2D eigenvalue weighted by atomic mass is 35.5. The number of piperidine rings is 1. The molecule has 2 aliphatic heterocycles. The monoisotopic (exact) mass is 644 g/mol. The van der Waals surface area contributed by atoms with Crippen LogP contribution in [0, 0.1) is 11.8 Å². The zero-order chi connectivity index (χ0) is 29.7. The quantitative estimate of drug-likeness (QED) is 0.223. The number of hydrogen-bond acceptors (Lipinski definition) is 8. The molecule has 0 spiro atoms. The Morgan fingerprint density at radius 1 is 1.05 bits per heavy atom. The first kappa shape index (κ1) is 29.3. The third-order valence-electron chi connectivity index (χ3n) is 9.27. The molecule has 2 saturated carbocycles. The van der Waals surface area contributed by atoms with Gasteiger partial charge in [0, 0.05) is 53.4 Å². The molecule has 4 fully saturated rings. The second kappa shape index (κ2) is 11.8. The SMILES string of the molecule is O=C(CS(=O)(=O)CC1CCOC1)c1ccc(N2C[C@@H]3C[C@H]2C[C@H]3OCc2c(-c3c(Cl)cccc3Cl)noc2C2CC2)cc1. The van der Waals surface area contributed by atoms with Crippen molar-refractivity contribution in [1.29, 1.82) is 0 Å². The summed E-state index contributed by atoms with van der Waals surface area (Å²) >= 11 is 13.0. The number of aromatic nitrogens is 1. The topological polar surface area (TPSA) is 98.9 Å². The molecule has 2 aliphatic carbocycles. The first-order valence-electron chi connectivity index (χ1n) is 15.0. The van der Waals surface area contributed by atoms with E-state index in [9.17, 15) is 13.2 Å². The minimum atomic E-state index is -3.48. The Bertz CT molecular complexity index is 1590. The lowest BCUT2D eigenvalue weighted by molar-refractivity contribution is 0.0122. The minimum Gasteiger partial charge on any atom is -0.381 e. The van der Waals surface area contributed by atoms with Gasteiger partial charge in [0.05, 0.1) is 35.1 Å². The zero-order valence-electron chi connectivity index (χ0n) is 23.7. The zero-order valence-corrected chi connectivity index (χ0v) is 26.0. The Labute approximate surface area is 261 Å². The number of carbonyl (C=O) groups excluding carboxylic acids is 1. The molecule has 11 heteroatoms. The maximum atomic E-state index is 12.8. The van der Waals surface area contributed by atoms with Crippen molar-refractivity contribution in [3.05, 3.63) is 69.4 Å². The number of fused-ring (bicyclic) bond motifs is 2. The number of benzene rings is 2. The fourth-order valence-corrected chi connectivity index (χ4v) is 9.16. The summed E-state index contributed by atoms with van der Waals surface area (Å²) in [4.78, 5) is 15.1. The van der Waals surface area contributed by atoms with E-state index in [4.69, 9.17) is 37.2 Å². The van der Waals surface area contributed by atoms with E-state index in [2.05, 4.69) is 10.1 Å². The molecule has 1 aromatic heterocycles. The van der Waals surface area contributed by atoms with E-state index in [1.807, 2.05) is 18.2 Å². The van der Waals surface area contributed by atoms with E-state index in [1.165, 1.54) is 0 Å². The van der Waals surface area contributed by atoms with Crippen molar-refractivity contribution >= 4 is 44.5 Å². The predicted octanol–water partition coefficient (Wildman–Crippen LogP) is 6.34. The van der Waals surface area contributed by atoms with Crippen LogP contribution in [0.2, 0.25) is 10.0 Å². The van der Waals surface area contributed by atoms with Gasteiger partial charge in [-0.05, 0) is 74.4 Å². The molecule has 0 amide bonds. The summed E-state index contributed by atoms with van der Waals surface area (Å²) in [7, 11) is -3.48. The molecule has 4 aliphatic rings. The van der Waals surface area contributed by atoms with Crippen LogP contribution in [0.3, 0.4) is 0 Å². The number of carbonyl (C=O) groups is 1. The second-order valence-corrected chi connectivity index (χ2v) is 15.3. The third kappa shape index (κ3) is 6.12. The Balaban J connectivity index is 0.977. The number of sulfone groups is 1. The molecule has 3 heterocycles. The van der Waals surface area contributed by atoms with E-state index in [0.29, 0.717) is 64.6 Å². The minimum absolute atomic E-state index is 0.00493. The van der Waals surface area contributed by atoms with E-state index >= 15 is 0 Å². The maximum Gasteiger partial charge on any atom is 0.177 e. The summed E-state index contributed by atoms with van der Waals surface area (Å²) in [6.45, 7) is 2.30. The van der Waals surface area contributed by atoms with Crippen LogP contribution in [0.5, 0.6) is 0 Å². The molecular weight excluding hydrogens is 611 g/mol. The number of anilines is 1. The van der Waals surface area contributed by atoms with Crippen molar-refractivity contribution < 1.29 is 27.2 Å². The first-order chi connectivity index (χ1) is 20.8. The number of nitrogens with zero attached hydrogens (tertiary/aromatic N) is 2. The van der Waals surface area contributed by atoms with Crippen molar-refractivity contribution in [1.82, 2.24) is 5.16 Å². The van der Waals surface area contributed by atoms with E-state index in [1.54, 1.807) is 24.3 Å². The first-order valence-corrected chi connectivity index (χ1v) is 17.6. The van der Waals surface area contributed by atoms with Crippen molar-refractivity contribution in [3.8, 4) is 11.3 Å². The van der Waals surface area contributed by atoms with Gasteiger partial charge in [0.25, 0.3) is 0 Å². The maximum absolute atomic E-state index is 12.8. The number of hydrogen-bond donors (Lipinski definition) is 0. The van der Waals surface area contributed by atoms with E-state index in [-0.39, 0.29) is 23.6 Å². The van der Waals surface area contributed by atoms with Gasteiger partial charge in [-0.25, -0.2) is 8.42 Å². The Morgan fingerprint density at radius 3 is 2.47 bits per heavy atom. The molecule has 4 atom stereocenters. The van der Waals surface area contributed by atoms with Crippen LogP contribution in [0.15, 0.2) is 47.0 Å². The van der Waals surface area contributed by atoms with Crippen molar-refractivity contribution in [2.45, 2.75) is 56.8 Å². The molecule has 2 aromatic carbocycles. The Hall–Kier alpha value is -2.43. The average Bonchev–Trinajstić information content (AvgIpc) is 3.31. The van der Waals surface area contributed by atoms with Crippen molar-refractivity contribution in [3.63, 3.8) is 0 Å². The predicted molar refractivity (Wildman–Crippen MR) is 165 cm³/mol. The molecule has 228 valence electrons. The number of ether oxygens (including phenoxy) is 2. The lowest BCUT2D eigenvalue weighted by Gasteiger charge is -2.33. The highest BCUT2D eigenvalue weighted by Crippen LogP contribution is 2.47. The molecule has 2 bridgehead atoms. The van der Waals surface area contributed by atoms with Crippen LogP contribution in [-0.4, -0.2) is 62.8 Å². The van der Waals surface area contributed by atoms with Crippen LogP contribution in [-0.2, 0) is 25.9 Å². The molecule has 3 aromatic rings. The normalized spacial score (nSPS) is 25.1. The summed E-state index contributed by atoms with van der Waals surface area (Å²) in [6, 6.07) is 13.1. The molecule has 2 saturated heterocycles. The second-order valence-electron chi connectivity index (χ2n) is 12.4.